The number of nitrogens with one attached hydrogen (secondary N) is 1. The quantitative estimate of drug-likeness (QED) is 0.753. The van der Waals surface area contributed by atoms with E-state index in [1.54, 1.807) is 0 Å². The van der Waals surface area contributed by atoms with Crippen molar-refractivity contribution >= 4 is 0 Å². The first-order valence-electron chi connectivity index (χ1n) is 5.84. The third kappa shape index (κ3) is 3.19. The van der Waals surface area contributed by atoms with Gasteiger partial charge in [-0.1, -0.05) is 0 Å². The number of nitriles is 1. The molecular formula is C12H23N3. The van der Waals surface area contributed by atoms with Gasteiger partial charge in [0.1, 0.15) is 0 Å². The van der Waals surface area contributed by atoms with E-state index in [-0.39, 0.29) is 5.54 Å². The Balaban J connectivity index is 2.73. The fourth-order valence-electron chi connectivity index (χ4n) is 2.43. The minimum atomic E-state index is 0.241. The van der Waals surface area contributed by atoms with Gasteiger partial charge in [-0.05, 0) is 40.7 Å². The first-order chi connectivity index (χ1) is 6.97. The van der Waals surface area contributed by atoms with Crippen molar-refractivity contribution in [1.29, 1.82) is 5.26 Å². The molecule has 0 bridgehead atoms. The van der Waals surface area contributed by atoms with E-state index >= 15 is 0 Å². The Bertz CT molecular complexity index is 240. The predicted molar refractivity (Wildman–Crippen MR) is 62.6 cm³/mol. The maximum Gasteiger partial charge on any atom is 0.0638 e. The molecule has 1 atom stereocenters. The fraction of sp³-hybridized carbons (Fsp3) is 0.917. The Hall–Kier alpha value is -0.590. The van der Waals surface area contributed by atoms with Crippen LogP contribution in [-0.2, 0) is 0 Å². The molecule has 0 radical (unpaired) electrons. The van der Waals surface area contributed by atoms with E-state index in [1.165, 1.54) is 0 Å². The third-order valence-electron chi connectivity index (χ3n) is 3.33. The molecule has 0 saturated carbocycles. The molecule has 0 spiro atoms. The van der Waals surface area contributed by atoms with E-state index in [0.29, 0.717) is 18.5 Å². The van der Waals surface area contributed by atoms with Crippen molar-refractivity contribution in [1.82, 2.24) is 10.2 Å². The first kappa shape index (κ1) is 12.5. The van der Waals surface area contributed by atoms with Crippen LogP contribution in [0.25, 0.3) is 0 Å². The second kappa shape index (κ2) is 4.96. The van der Waals surface area contributed by atoms with Crippen LogP contribution in [0.1, 0.15) is 40.5 Å². The molecule has 1 aliphatic heterocycles. The van der Waals surface area contributed by atoms with Crippen molar-refractivity contribution in [2.24, 2.45) is 0 Å². The number of hydrogen-bond donors (Lipinski definition) is 1. The molecule has 0 aromatic rings. The summed E-state index contributed by atoms with van der Waals surface area (Å²) in [6.07, 6.45) is 1.76. The van der Waals surface area contributed by atoms with E-state index in [2.05, 4.69) is 44.0 Å². The lowest BCUT2D eigenvalue weighted by Gasteiger charge is -2.40. The highest BCUT2D eigenvalue weighted by Gasteiger charge is 2.32. The van der Waals surface area contributed by atoms with Crippen LogP contribution in [0.4, 0.5) is 0 Å². The van der Waals surface area contributed by atoms with Crippen molar-refractivity contribution in [2.75, 3.05) is 13.1 Å². The van der Waals surface area contributed by atoms with Gasteiger partial charge in [0.05, 0.1) is 12.5 Å². The first-order valence-corrected chi connectivity index (χ1v) is 5.84. The highest BCUT2D eigenvalue weighted by molar-refractivity contribution is 4.93. The van der Waals surface area contributed by atoms with Gasteiger partial charge in [-0.3, -0.25) is 4.90 Å². The number of hydrogen-bond acceptors (Lipinski definition) is 3. The van der Waals surface area contributed by atoms with Crippen LogP contribution >= 0.6 is 0 Å². The molecule has 3 heteroatoms. The Morgan fingerprint density at radius 1 is 1.53 bits per heavy atom. The molecule has 3 nitrogen and oxygen atoms in total. The lowest BCUT2D eigenvalue weighted by molar-refractivity contribution is 0.0844. The Morgan fingerprint density at radius 2 is 2.20 bits per heavy atom. The smallest absolute Gasteiger partial charge is 0.0638 e. The lowest BCUT2D eigenvalue weighted by Crippen LogP contribution is -2.50. The average Bonchev–Trinajstić information content (AvgIpc) is 2.25. The molecule has 0 aromatic carbocycles. The second-order valence-electron chi connectivity index (χ2n) is 5.32. The van der Waals surface area contributed by atoms with Gasteiger partial charge < -0.3 is 5.32 Å². The standard InChI is InChI=1S/C12H23N3/c1-10(2)15-9-11(5-7-13)14-8-6-12(15,3)4/h10-11,14H,5-6,8-9H2,1-4H3. The molecule has 86 valence electrons. The summed E-state index contributed by atoms with van der Waals surface area (Å²) in [6.45, 7) is 11.1. The van der Waals surface area contributed by atoms with Crippen molar-refractivity contribution in [2.45, 2.75) is 58.2 Å². The Morgan fingerprint density at radius 3 is 2.73 bits per heavy atom. The summed E-state index contributed by atoms with van der Waals surface area (Å²) in [4.78, 5) is 2.51. The SMILES string of the molecule is CC(C)N1CC(CC#N)NCCC1(C)C. The van der Waals surface area contributed by atoms with Crippen LogP contribution in [-0.4, -0.2) is 35.6 Å². The number of rotatable bonds is 2. The summed E-state index contributed by atoms with van der Waals surface area (Å²) >= 11 is 0. The van der Waals surface area contributed by atoms with Gasteiger partial charge in [0, 0.05) is 24.2 Å². The second-order valence-corrected chi connectivity index (χ2v) is 5.32. The molecule has 1 unspecified atom stereocenters. The maximum atomic E-state index is 8.76. The van der Waals surface area contributed by atoms with E-state index in [4.69, 9.17) is 5.26 Å². The normalized spacial score (nSPS) is 27.3. The zero-order valence-corrected chi connectivity index (χ0v) is 10.4. The van der Waals surface area contributed by atoms with Crippen molar-refractivity contribution < 1.29 is 0 Å². The van der Waals surface area contributed by atoms with Crippen LogP contribution < -0.4 is 5.32 Å². The molecule has 0 aliphatic carbocycles. The topological polar surface area (TPSA) is 39.1 Å². The van der Waals surface area contributed by atoms with Gasteiger partial charge in [0.2, 0.25) is 0 Å². The van der Waals surface area contributed by atoms with Crippen LogP contribution in [0.2, 0.25) is 0 Å². The van der Waals surface area contributed by atoms with Gasteiger partial charge in [-0.2, -0.15) is 5.26 Å². The molecule has 1 saturated heterocycles. The highest BCUT2D eigenvalue weighted by Crippen LogP contribution is 2.24. The maximum absolute atomic E-state index is 8.76. The van der Waals surface area contributed by atoms with Crippen LogP contribution in [0.3, 0.4) is 0 Å². The Labute approximate surface area is 93.5 Å². The molecule has 1 aliphatic rings. The predicted octanol–water partition coefficient (Wildman–Crippen LogP) is 1.75. The van der Waals surface area contributed by atoms with Crippen molar-refractivity contribution in [3.8, 4) is 6.07 Å². The zero-order chi connectivity index (χ0) is 11.5. The third-order valence-corrected chi connectivity index (χ3v) is 3.33. The highest BCUT2D eigenvalue weighted by atomic mass is 15.2. The zero-order valence-electron chi connectivity index (χ0n) is 10.4. The minimum absolute atomic E-state index is 0.241. The van der Waals surface area contributed by atoms with Gasteiger partial charge in [-0.25, -0.2) is 0 Å². The van der Waals surface area contributed by atoms with E-state index in [9.17, 15) is 0 Å². The van der Waals surface area contributed by atoms with Crippen LogP contribution in [0.15, 0.2) is 0 Å². The van der Waals surface area contributed by atoms with Gasteiger partial charge in [-0.15, -0.1) is 0 Å². The molecular weight excluding hydrogens is 186 g/mol. The van der Waals surface area contributed by atoms with E-state index < -0.39 is 0 Å². The summed E-state index contributed by atoms with van der Waals surface area (Å²) < 4.78 is 0. The van der Waals surface area contributed by atoms with Crippen molar-refractivity contribution in [3.63, 3.8) is 0 Å². The van der Waals surface area contributed by atoms with Crippen molar-refractivity contribution in [3.05, 3.63) is 0 Å². The van der Waals surface area contributed by atoms with E-state index in [0.717, 1.165) is 19.5 Å². The summed E-state index contributed by atoms with van der Waals surface area (Å²) in [5.41, 5.74) is 0.241. The van der Waals surface area contributed by atoms with Gasteiger partial charge in [0.15, 0.2) is 0 Å². The summed E-state index contributed by atoms with van der Waals surface area (Å²) in [6, 6.07) is 3.14. The minimum Gasteiger partial charge on any atom is -0.312 e. The molecule has 0 amide bonds. The lowest BCUT2D eigenvalue weighted by atomic mass is 9.97. The van der Waals surface area contributed by atoms with Gasteiger partial charge >= 0.3 is 0 Å². The fourth-order valence-corrected chi connectivity index (χ4v) is 2.43. The monoisotopic (exact) mass is 209 g/mol. The molecule has 1 N–H and O–H groups in total. The molecule has 1 fully saturated rings. The molecule has 0 aromatic heterocycles. The van der Waals surface area contributed by atoms with Gasteiger partial charge in [0.25, 0.3) is 0 Å². The average molecular weight is 209 g/mol. The van der Waals surface area contributed by atoms with Crippen LogP contribution in [0.5, 0.6) is 0 Å². The summed E-state index contributed by atoms with van der Waals surface area (Å²) in [5, 5.41) is 12.2. The van der Waals surface area contributed by atoms with Crippen LogP contribution in [0, 0.1) is 11.3 Å². The Kier molecular flexibility index (Phi) is 4.12. The summed E-state index contributed by atoms with van der Waals surface area (Å²) in [5.74, 6) is 0. The van der Waals surface area contributed by atoms with E-state index in [1.807, 2.05) is 0 Å². The largest absolute Gasteiger partial charge is 0.312 e. The molecule has 15 heavy (non-hydrogen) atoms. The molecule has 1 heterocycles. The molecule has 1 rings (SSSR count). The number of nitrogens with zero attached hydrogens (tertiary/aromatic N) is 2. The summed E-state index contributed by atoms with van der Waals surface area (Å²) in [7, 11) is 0.